The lowest BCUT2D eigenvalue weighted by Gasteiger charge is -2.00. The van der Waals surface area contributed by atoms with Crippen molar-refractivity contribution in [1.82, 2.24) is 0 Å². The van der Waals surface area contributed by atoms with Gasteiger partial charge in [0.15, 0.2) is 0 Å². The fourth-order valence-electron chi connectivity index (χ4n) is 1.23. The maximum absolute atomic E-state index is 11.3. The SMILES string of the molecule is C=CCOS(=O)(=O)C1CC1CC. The van der Waals surface area contributed by atoms with E-state index in [0.717, 1.165) is 12.8 Å². The molecule has 70 valence electrons. The minimum absolute atomic E-state index is 0.0925. The zero-order chi connectivity index (χ0) is 9.19. The first kappa shape index (κ1) is 9.74. The Hall–Kier alpha value is -0.350. The van der Waals surface area contributed by atoms with Crippen molar-refractivity contribution < 1.29 is 12.6 Å². The molecule has 0 spiro atoms. The van der Waals surface area contributed by atoms with E-state index in [1.54, 1.807) is 0 Å². The van der Waals surface area contributed by atoms with Crippen LogP contribution in [0, 0.1) is 5.92 Å². The van der Waals surface area contributed by atoms with Crippen LogP contribution in [0.4, 0.5) is 0 Å². The molecule has 0 bridgehead atoms. The first-order valence-corrected chi connectivity index (χ1v) is 5.58. The second kappa shape index (κ2) is 3.58. The average Bonchev–Trinajstić information content (AvgIpc) is 2.80. The molecule has 0 aromatic heterocycles. The summed E-state index contributed by atoms with van der Waals surface area (Å²) < 4.78 is 27.2. The molecular weight excluding hydrogens is 176 g/mol. The fourth-order valence-corrected chi connectivity index (χ4v) is 2.84. The first-order chi connectivity index (χ1) is 5.61. The lowest BCUT2D eigenvalue weighted by Crippen LogP contribution is -2.12. The van der Waals surface area contributed by atoms with E-state index in [-0.39, 0.29) is 11.9 Å². The Bertz CT molecular complexity index is 255. The van der Waals surface area contributed by atoms with Crippen LogP contribution < -0.4 is 0 Å². The van der Waals surface area contributed by atoms with Crippen molar-refractivity contribution in [1.29, 1.82) is 0 Å². The molecule has 0 amide bonds. The summed E-state index contributed by atoms with van der Waals surface area (Å²) in [6.45, 7) is 5.48. The Balaban J connectivity index is 2.45. The predicted molar refractivity (Wildman–Crippen MR) is 47.3 cm³/mol. The third-order valence-corrected chi connectivity index (χ3v) is 3.89. The smallest absolute Gasteiger partial charge is 0.266 e. The van der Waals surface area contributed by atoms with E-state index in [0.29, 0.717) is 5.92 Å². The van der Waals surface area contributed by atoms with Gasteiger partial charge in [-0.1, -0.05) is 19.4 Å². The summed E-state index contributed by atoms with van der Waals surface area (Å²) in [7, 11) is -3.28. The van der Waals surface area contributed by atoms with Crippen molar-refractivity contribution in [3.8, 4) is 0 Å². The van der Waals surface area contributed by atoms with Crippen molar-refractivity contribution in [3.05, 3.63) is 12.7 Å². The first-order valence-electron chi connectivity index (χ1n) is 4.11. The molecule has 12 heavy (non-hydrogen) atoms. The molecule has 1 saturated carbocycles. The fraction of sp³-hybridized carbons (Fsp3) is 0.750. The van der Waals surface area contributed by atoms with Crippen LogP contribution in [0.5, 0.6) is 0 Å². The van der Waals surface area contributed by atoms with E-state index in [4.69, 9.17) is 0 Å². The van der Waals surface area contributed by atoms with E-state index in [1.807, 2.05) is 6.92 Å². The Kier molecular flexibility index (Phi) is 2.90. The lowest BCUT2D eigenvalue weighted by atomic mass is 10.3. The summed E-state index contributed by atoms with van der Waals surface area (Å²) in [6, 6.07) is 0. The Morgan fingerprint density at radius 1 is 1.67 bits per heavy atom. The van der Waals surface area contributed by atoms with Gasteiger partial charge in [-0.25, -0.2) is 0 Å². The van der Waals surface area contributed by atoms with E-state index in [9.17, 15) is 8.42 Å². The summed E-state index contributed by atoms with van der Waals surface area (Å²) in [6.07, 6.45) is 3.12. The molecule has 2 unspecified atom stereocenters. The van der Waals surface area contributed by atoms with Crippen molar-refractivity contribution in [2.45, 2.75) is 25.0 Å². The maximum atomic E-state index is 11.3. The molecule has 0 aromatic carbocycles. The minimum Gasteiger partial charge on any atom is -0.266 e. The van der Waals surface area contributed by atoms with Crippen LogP contribution in [0.2, 0.25) is 0 Å². The van der Waals surface area contributed by atoms with Crippen LogP contribution >= 0.6 is 0 Å². The molecule has 0 heterocycles. The maximum Gasteiger partial charge on any atom is 0.270 e. The monoisotopic (exact) mass is 190 g/mol. The van der Waals surface area contributed by atoms with Gasteiger partial charge in [0.05, 0.1) is 11.9 Å². The highest BCUT2D eigenvalue weighted by Gasteiger charge is 2.46. The predicted octanol–water partition coefficient (Wildman–Crippen LogP) is 1.32. The van der Waals surface area contributed by atoms with Crippen molar-refractivity contribution in [2.75, 3.05) is 6.61 Å². The minimum atomic E-state index is -3.28. The van der Waals surface area contributed by atoms with Crippen LogP contribution in [0.3, 0.4) is 0 Å². The van der Waals surface area contributed by atoms with Gasteiger partial charge in [0.1, 0.15) is 0 Å². The quantitative estimate of drug-likeness (QED) is 0.485. The molecule has 1 fully saturated rings. The van der Waals surface area contributed by atoms with Gasteiger partial charge in [-0.15, -0.1) is 6.58 Å². The summed E-state index contributed by atoms with van der Waals surface area (Å²) in [5.41, 5.74) is 0. The van der Waals surface area contributed by atoms with E-state index in [2.05, 4.69) is 10.8 Å². The molecule has 0 N–H and O–H groups in total. The van der Waals surface area contributed by atoms with E-state index < -0.39 is 10.1 Å². The third kappa shape index (κ3) is 2.08. The summed E-state index contributed by atoms with van der Waals surface area (Å²) in [4.78, 5) is 0. The van der Waals surface area contributed by atoms with Crippen molar-refractivity contribution >= 4 is 10.1 Å². The standard InChI is InChI=1S/C8H14O3S/c1-3-5-11-12(9,10)8-6-7(8)4-2/h3,7-8H,1,4-6H2,2H3. The zero-order valence-corrected chi connectivity index (χ0v) is 8.01. The van der Waals surface area contributed by atoms with Crippen LogP contribution in [0.15, 0.2) is 12.7 Å². The van der Waals surface area contributed by atoms with Crippen molar-refractivity contribution in [2.24, 2.45) is 5.92 Å². The van der Waals surface area contributed by atoms with Crippen LogP contribution in [0.1, 0.15) is 19.8 Å². The lowest BCUT2D eigenvalue weighted by molar-refractivity contribution is 0.355. The van der Waals surface area contributed by atoms with Gasteiger partial charge in [-0.3, -0.25) is 4.18 Å². The molecule has 0 aliphatic heterocycles. The molecule has 3 nitrogen and oxygen atoms in total. The van der Waals surface area contributed by atoms with E-state index in [1.165, 1.54) is 6.08 Å². The average molecular weight is 190 g/mol. The van der Waals surface area contributed by atoms with Crippen LogP contribution in [-0.4, -0.2) is 20.3 Å². The summed E-state index contributed by atoms with van der Waals surface area (Å²) in [5, 5.41) is -0.248. The summed E-state index contributed by atoms with van der Waals surface area (Å²) in [5.74, 6) is 0.319. The summed E-state index contributed by atoms with van der Waals surface area (Å²) >= 11 is 0. The normalized spacial score (nSPS) is 28.4. The largest absolute Gasteiger partial charge is 0.270 e. The van der Waals surface area contributed by atoms with Crippen LogP contribution in [0.25, 0.3) is 0 Å². The molecule has 0 aromatic rings. The Labute approximate surface area is 73.5 Å². The highest BCUT2D eigenvalue weighted by molar-refractivity contribution is 7.87. The molecule has 0 saturated heterocycles. The molecule has 1 aliphatic carbocycles. The van der Waals surface area contributed by atoms with Gasteiger partial charge in [0, 0.05) is 0 Å². The third-order valence-electron chi connectivity index (χ3n) is 2.10. The van der Waals surface area contributed by atoms with Crippen LogP contribution in [-0.2, 0) is 14.3 Å². The van der Waals surface area contributed by atoms with Gasteiger partial charge >= 0.3 is 0 Å². The molecule has 2 atom stereocenters. The topological polar surface area (TPSA) is 43.4 Å². The highest BCUT2D eigenvalue weighted by atomic mass is 32.2. The molecule has 1 rings (SSSR count). The van der Waals surface area contributed by atoms with Gasteiger partial charge in [0.2, 0.25) is 0 Å². The zero-order valence-electron chi connectivity index (χ0n) is 7.19. The van der Waals surface area contributed by atoms with E-state index >= 15 is 0 Å². The van der Waals surface area contributed by atoms with Gasteiger partial charge in [-0.2, -0.15) is 8.42 Å². The Morgan fingerprint density at radius 3 is 2.75 bits per heavy atom. The van der Waals surface area contributed by atoms with Crippen molar-refractivity contribution in [3.63, 3.8) is 0 Å². The molecule has 4 heteroatoms. The molecule has 0 radical (unpaired) electrons. The number of hydrogen-bond acceptors (Lipinski definition) is 3. The number of rotatable bonds is 5. The highest BCUT2D eigenvalue weighted by Crippen LogP contribution is 2.40. The number of hydrogen-bond donors (Lipinski definition) is 0. The van der Waals surface area contributed by atoms with Gasteiger partial charge < -0.3 is 0 Å². The second-order valence-electron chi connectivity index (χ2n) is 3.01. The molecular formula is C8H14O3S. The molecule has 1 aliphatic rings. The van der Waals surface area contributed by atoms with Gasteiger partial charge in [-0.05, 0) is 12.3 Å². The van der Waals surface area contributed by atoms with Gasteiger partial charge in [0.25, 0.3) is 10.1 Å². The Morgan fingerprint density at radius 2 is 2.33 bits per heavy atom. The second-order valence-corrected chi connectivity index (χ2v) is 4.84.